The van der Waals surface area contributed by atoms with Gasteiger partial charge in [-0.2, -0.15) is 0 Å². The molecular formula is C20H26FN3O2S. The van der Waals surface area contributed by atoms with Crippen LogP contribution in [0.3, 0.4) is 0 Å². The average Bonchev–Trinajstić information content (AvgIpc) is 2.67. The third-order valence-corrected chi connectivity index (χ3v) is 6.44. The number of nitrogens with one attached hydrogen (secondary N) is 1. The van der Waals surface area contributed by atoms with Crippen LogP contribution in [0.2, 0.25) is 0 Å². The molecule has 0 aliphatic carbocycles. The van der Waals surface area contributed by atoms with Crippen LogP contribution in [-0.2, 0) is 16.4 Å². The molecule has 0 spiro atoms. The van der Waals surface area contributed by atoms with Gasteiger partial charge in [0.25, 0.3) is 0 Å². The number of sulfonamides is 1. The van der Waals surface area contributed by atoms with Gasteiger partial charge in [0, 0.05) is 38.8 Å². The van der Waals surface area contributed by atoms with Gasteiger partial charge in [0.15, 0.2) is 0 Å². The van der Waals surface area contributed by atoms with E-state index >= 15 is 0 Å². The largest absolute Gasteiger partial charge is 0.304 e. The highest BCUT2D eigenvalue weighted by molar-refractivity contribution is 7.89. The normalized spacial score (nSPS) is 17.7. The molecule has 1 fully saturated rings. The maximum absolute atomic E-state index is 13.1. The number of hydrogen-bond acceptors (Lipinski definition) is 4. The van der Waals surface area contributed by atoms with Crippen LogP contribution in [-0.4, -0.2) is 64.0 Å². The maximum Gasteiger partial charge on any atom is 0.240 e. The lowest BCUT2D eigenvalue weighted by Gasteiger charge is -2.38. The SMILES string of the molecule is CN1CCN(C(CNS(=O)(=O)c2ccc(F)cc2)Cc2ccccc2)CC1. The number of halogens is 1. The second-order valence-electron chi connectivity index (χ2n) is 6.99. The number of hydrogen-bond donors (Lipinski definition) is 1. The predicted octanol–water partition coefficient (Wildman–Crippen LogP) is 1.96. The average molecular weight is 392 g/mol. The first kappa shape index (κ1) is 19.9. The highest BCUT2D eigenvalue weighted by Gasteiger charge is 2.25. The quantitative estimate of drug-likeness (QED) is 0.784. The summed E-state index contributed by atoms with van der Waals surface area (Å²) in [7, 11) is -1.57. The van der Waals surface area contributed by atoms with Gasteiger partial charge in [-0.3, -0.25) is 4.90 Å². The molecule has 1 N–H and O–H groups in total. The second kappa shape index (κ2) is 8.93. The van der Waals surface area contributed by atoms with Crippen molar-refractivity contribution in [1.82, 2.24) is 14.5 Å². The summed E-state index contributed by atoms with van der Waals surface area (Å²) in [6, 6.07) is 15.1. The molecule has 5 nitrogen and oxygen atoms in total. The third-order valence-electron chi connectivity index (χ3n) is 5.00. The summed E-state index contributed by atoms with van der Waals surface area (Å²) in [5.41, 5.74) is 1.18. The van der Waals surface area contributed by atoms with Crippen molar-refractivity contribution in [3.63, 3.8) is 0 Å². The van der Waals surface area contributed by atoms with Crippen molar-refractivity contribution >= 4 is 10.0 Å². The molecule has 0 amide bonds. The second-order valence-corrected chi connectivity index (χ2v) is 8.76. The van der Waals surface area contributed by atoms with Gasteiger partial charge >= 0.3 is 0 Å². The van der Waals surface area contributed by atoms with Gasteiger partial charge < -0.3 is 4.90 Å². The third kappa shape index (κ3) is 5.59. The van der Waals surface area contributed by atoms with Crippen molar-refractivity contribution in [1.29, 1.82) is 0 Å². The zero-order chi connectivity index (χ0) is 19.3. The zero-order valence-electron chi connectivity index (χ0n) is 15.5. The smallest absolute Gasteiger partial charge is 0.240 e. The summed E-state index contributed by atoms with van der Waals surface area (Å²) >= 11 is 0. The molecule has 3 rings (SSSR count). The summed E-state index contributed by atoms with van der Waals surface area (Å²) in [6.07, 6.45) is 0.774. The fraction of sp³-hybridized carbons (Fsp3) is 0.400. The lowest BCUT2D eigenvalue weighted by molar-refractivity contribution is 0.112. The van der Waals surface area contributed by atoms with Crippen molar-refractivity contribution in [2.24, 2.45) is 0 Å². The Labute approximate surface area is 160 Å². The Balaban J connectivity index is 1.71. The monoisotopic (exact) mass is 391 g/mol. The van der Waals surface area contributed by atoms with Crippen LogP contribution in [0, 0.1) is 5.82 Å². The maximum atomic E-state index is 13.1. The molecule has 2 aromatic carbocycles. The Morgan fingerprint density at radius 1 is 1.00 bits per heavy atom. The molecular weight excluding hydrogens is 365 g/mol. The molecule has 0 saturated carbocycles. The summed E-state index contributed by atoms with van der Waals surface area (Å²) in [5, 5.41) is 0. The van der Waals surface area contributed by atoms with Crippen molar-refractivity contribution in [3.8, 4) is 0 Å². The molecule has 2 aromatic rings. The molecule has 7 heteroatoms. The molecule has 1 atom stereocenters. The predicted molar refractivity (Wildman–Crippen MR) is 105 cm³/mol. The number of nitrogens with zero attached hydrogens (tertiary/aromatic N) is 2. The highest BCUT2D eigenvalue weighted by Crippen LogP contribution is 2.14. The Bertz CT molecular complexity index is 820. The first-order chi connectivity index (χ1) is 12.9. The summed E-state index contributed by atoms with van der Waals surface area (Å²) in [4.78, 5) is 4.71. The molecule has 1 heterocycles. The van der Waals surface area contributed by atoms with Gasteiger partial charge in [0.05, 0.1) is 4.90 Å². The van der Waals surface area contributed by atoms with Crippen LogP contribution in [0.25, 0.3) is 0 Å². The Kier molecular flexibility index (Phi) is 6.59. The van der Waals surface area contributed by atoms with E-state index in [1.807, 2.05) is 18.2 Å². The molecule has 1 unspecified atom stereocenters. The van der Waals surface area contributed by atoms with Crippen LogP contribution in [0.15, 0.2) is 59.5 Å². The van der Waals surface area contributed by atoms with E-state index in [1.165, 1.54) is 17.7 Å². The van der Waals surface area contributed by atoms with E-state index in [0.717, 1.165) is 44.7 Å². The van der Waals surface area contributed by atoms with Crippen molar-refractivity contribution in [2.45, 2.75) is 17.4 Å². The zero-order valence-corrected chi connectivity index (χ0v) is 16.3. The Morgan fingerprint density at radius 2 is 1.63 bits per heavy atom. The molecule has 1 aliphatic rings. The summed E-state index contributed by atoms with van der Waals surface area (Å²) in [5.74, 6) is -0.451. The molecule has 146 valence electrons. The van der Waals surface area contributed by atoms with Gasteiger partial charge in [-0.05, 0) is 43.3 Å². The van der Waals surface area contributed by atoms with E-state index in [4.69, 9.17) is 0 Å². The molecule has 27 heavy (non-hydrogen) atoms. The summed E-state index contributed by atoms with van der Waals surface area (Å²) in [6.45, 7) is 4.07. The molecule has 1 saturated heterocycles. The van der Waals surface area contributed by atoms with Crippen LogP contribution < -0.4 is 4.72 Å². The minimum Gasteiger partial charge on any atom is -0.304 e. The molecule has 1 aliphatic heterocycles. The van der Waals surface area contributed by atoms with E-state index in [1.54, 1.807) is 0 Å². The van der Waals surface area contributed by atoms with E-state index in [0.29, 0.717) is 6.54 Å². The number of piperazine rings is 1. The molecule has 0 bridgehead atoms. The fourth-order valence-electron chi connectivity index (χ4n) is 3.31. The van der Waals surface area contributed by atoms with Crippen molar-refractivity contribution in [2.75, 3.05) is 39.8 Å². The van der Waals surface area contributed by atoms with Gasteiger partial charge in [0.2, 0.25) is 10.0 Å². The van der Waals surface area contributed by atoms with Crippen LogP contribution in [0.1, 0.15) is 5.56 Å². The topological polar surface area (TPSA) is 52.6 Å². The lowest BCUT2D eigenvalue weighted by Crippen LogP contribution is -2.53. The first-order valence-corrected chi connectivity index (χ1v) is 10.6. The number of rotatable bonds is 7. The van der Waals surface area contributed by atoms with Crippen molar-refractivity contribution in [3.05, 3.63) is 66.0 Å². The minimum absolute atomic E-state index is 0.0660. The van der Waals surface area contributed by atoms with E-state index < -0.39 is 15.8 Å². The van der Waals surface area contributed by atoms with Crippen LogP contribution in [0.4, 0.5) is 4.39 Å². The van der Waals surface area contributed by atoms with Gasteiger partial charge in [-0.15, -0.1) is 0 Å². The Hall–Kier alpha value is -1.80. The number of benzene rings is 2. The van der Waals surface area contributed by atoms with E-state index in [2.05, 4.69) is 33.7 Å². The van der Waals surface area contributed by atoms with Crippen LogP contribution >= 0.6 is 0 Å². The lowest BCUT2D eigenvalue weighted by atomic mass is 10.0. The van der Waals surface area contributed by atoms with E-state index in [-0.39, 0.29) is 10.9 Å². The fourth-order valence-corrected chi connectivity index (χ4v) is 4.38. The van der Waals surface area contributed by atoms with Gasteiger partial charge in [-0.1, -0.05) is 30.3 Å². The highest BCUT2D eigenvalue weighted by atomic mass is 32.2. The number of likely N-dealkylation sites (N-methyl/N-ethyl adjacent to an activating group) is 1. The first-order valence-electron chi connectivity index (χ1n) is 9.16. The minimum atomic E-state index is -3.67. The molecule has 0 aromatic heterocycles. The van der Waals surface area contributed by atoms with E-state index in [9.17, 15) is 12.8 Å². The van der Waals surface area contributed by atoms with Crippen LogP contribution in [0.5, 0.6) is 0 Å². The standard InChI is InChI=1S/C20H26FN3O2S/c1-23-11-13-24(14-12-23)19(15-17-5-3-2-4-6-17)16-22-27(25,26)20-9-7-18(21)8-10-20/h2-10,19,22H,11-16H2,1H3. The van der Waals surface area contributed by atoms with Gasteiger partial charge in [0.1, 0.15) is 5.82 Å². The van der Waals surface area contributed by atoms with Gasteiger partial charge in [-0.25, -0.2) is 17.5 Å². The molecule has 0 radical (unpaired) electrons. The Morgan fingerprint density at radius 3 is 2.26 bits per heavy atom. The summed E-state index contributed by atoms with van der Waals surface area (Å²) < 4.78 is 40.9. The van der Waals surface area contributed by atoms with Crippen molar-refractivity contribution < 1.29 is 12.8 Å².